The lowest BCUT2D eigenvalue weighted by Crippen LogP contribution is -2.18. The molecular weight excluding hydrogens is 354 g/mol. The van der Waals surface area contributed by atoms with Crippen LogP contribution in [-0.4, -0.2) is 26.1 Å². The normalized spacial score (nSPS) is 14.9. The molecule has 7 nitrogen and oxygen atoms in total. The van der Waals surface area contributed by atoms with Gasteiger partial charge in [0.05, 0.1) is 16.1 Å². The fourth-order valence-electron chi connectivity index (χ4n) is 3.24. The van der Waals surface area contributed by atoms with Gasteiger partial charge in [-0.2, -0.15) is 0 Å². The Kier molecular flexibility index (Phi) is 3.99. The third-order valence-electron chi connectivity index (χ3n) is 4.64. The summed E-state index contributed by atoms with van der Waals surface area (Å²) in [4.78, 5) is 13.9. The van der Waals surface area contributed by atoms with Crippen molar-refractivity contribution >= 4 is 32.5 Å². The van der Waals surface area contributed by atoms with E-state index in [0.717, 1.165) is 31.6 Å². The van der Waals surface area contributed by atoms with Crippen molar-refractivity contribution in [1.82, 2.24) is 4.57 Å². The van der Waals surface area contributed by atoms with Gasteiger partial charge >= 0.3 is 5.76 Å². The van der Waals surface area contributed by atoms with E-state index >= 15 is 0 Å². The van der Waals surface area contributed by atoms with E-state index < -0.39 is 15.8 Å². The first-order chi connectivity index (χ1) is 12.4. The minimum absolute atomic E-state index is 0.0472. The number of hydrogen-bond donors (Lipinski definition) is 1. The summed E-state index contributed by atoms with van der Waals surface area (Å²) in [5, 5.41) is 0. The van der Waals surface area contributed by atoms with Crippen LogP contribution in [-0.2, 0) is 17.1 Å². The highest BCUT2D eigenvalue weighted by Gasteiger charge is 2.18. The number of rotatable bonds is 4. The maximum absolute atomic E-state index is 12.7. The van der Waals surface area contributed by atoms with Crippen LogP contribution in [0.5, 0.6) is 0 Å². The van der Waals surface area contributed by atoms with Gasteiger partial charge in [-0.1, -0.05) is 6.07 Å². The van der Waals surface area contributed by atoms with Crippen LogP contribution >= 0.6 is 0 Å². The molecule has 0 atom stereocenters. The Balaban J connectivity index is 1.65. The predicted octanol–water partition coefficient (Wildman–Crippen LogP) is 2.53. The zero-order valence-electron chi connectivity index (χ0n) is 14.3. The summed E-state index contributed by atoms with van der Waals surface area (Å²) in [5.41, 5.74) is 2.30. The Labute approximate surface area is 150 Å². The summed E-state index contributed by atoms with van der Waals surface area (Å²) in [6.07, 6.45) is 2.30. The van der Waals surface area contributed by atoms with E-state index in [4.69, 9.17) is 4.42 Å². The molecule has 136 valence electrons. The number of nitrogens with zero attached hydrogens (tertiary/aromatic N) is 2. The van der Waals surface area contributed by atoms with Crippen LogP contribution in [0.3, 0.4) is 0 Å². The molecule has 0 amide bonds. The lowest BCUT2D eigenvalue weighted by atomic mass is 10.2. The minimum Gasteiger partial charge on any atom is -0.408 e. The van der Waals surface area contributed by atoms with Gasteiger partial charge in [-0.15, -0.1) is 0 Å². The van der Waals surface area contributed by atoms with E-state index in [1.807, 2.05) is 18.2 Å². The van der Waals surface area contributed by atoms with E-state index in [2.05, 4.69) is 9.62 Å². The molecule has 1 aliphatic rings. The first kappa shape index (κ1) is 16.7. The van der Waals surface area contributed by atoms with Crippen molar-refractivity contribution in [2.75, 3.05) is 22.7 Å². The number of sulfonamides is 1. The summed E-state index contributed by atoms with van der Waals surface area (Å²) in [6, 6.07) is 11.8. The van der Waals surface area contributed by atoms with E-state index in [9.17, 15) is 13.2 Å². The summed E-state index contributed by atoms with van der Waals surface area (Å²) < 4.78 is 34.5. The van der Waals surface area contributed by atoms with Crippen LogP contribution in [0.4, 0.5) is 11.4 Å². The van der Waals surface area contributed by atoms with E-state index in [0.29, 0.717) is 11.2 Å². The van der Waals surface area contributed by atoms with Crippen molar-refractivity contribution in [3.8, 4) is 0 Å². The summed E-state index contributed by atoms with van der Waals surface area (Å²) >= 11 is 0. The molecular formula is C18H19N3O4S. The fourth-order valence-corrected chi connectivity index (χ4v) is 4.30. The standard InChI is InChI=1S/C18H19N3O4S/c1-20-16-8-7-15(12-17(16)25-18(20)22)26(23,24)19-13-5-4-6-14(11-13)21-9-2-3-10-21/h4-8,11-12,19H,2-3,9-10H2,1H3. The zero-order valence-corrected chi connectivity index (χ0v) is 15.1. The van der Waals surface area contributed by atoms with Gasteiger partial charge in [0.2, 0.25) is 0 Å². The SMILES string of the molecule is Cn1c(=O)oc2cc(S(=O)(=O)Nc3cccc(N4CCCC4)c3)ccc21. The van der Waals surface area contributed by atoms with Gasteiger partial charge in [-0.05, 0) is 43.2 Å². The molecule has 3 aromatic rings. The molecule has 2 heterocycles. The lowest BCUT2D eigenvalue weighted by molar-refractivity contribution is 0.527. The summed E-state index contributed by atoms with van der Waals surface area (Å²) in [6.45, 7) is 1.97. The highest BCUT2D eigenvalue weighted by molar-refractivity contribution is 7.92. The molecule has 0 aliphatic carbocycles. The Morgan fingerprint density at radius 2 is 1.85 bits per heavy atom. The second-order valence-electron chi connectivity index (χ2n) is 6.41. The number of aryl methyl sites for hydroxylation is 1. The predicted molar refractivity (Wildman–Crippen MR) is 100 cm³/mol. The monoisotopic (exact) mass is 373 g/mol. The topological polar surface area (TPSA) is 84.5 Å². The number of oxazole rings is 1. The maximum Gasteiger partial charge on any atom is 0.419 e. The number of fused-ring (bicyclic) bond motifs is 1. The summed E-state index contributed by atoms with van der Waals surface area (Å²) in [5.74, 6) is -0.527. The molecule has 2 aromatic carbocycles. The number of aromatic nitrogens is 1. The van der Waals surface area contributed by atoms with Crippen molar-refractivity contribution in [2.24, 2.45) is 7.05 Å². The molecule has 1 aliphatic heterocycles. The molecule has 8 heteroatoms. The first-order valence-corrected chi connectivity index (χ1v) is 9.90. The maximum atomic E-state index is 12.7. The Morgan fingerprint density at radius 3 is 2.62 bits per heavy atom. The fraction of sp³-hybridized carbons (Fsp3) is 0.278. The van der Waals surface area contributed by atoms with Crippen molar-refractivity contribution in [1.29, 1.82) is 0 Å². The van der Waals surface area contributed by atoms with Crippen molar-refractivity contribution in [3.63, 3.8) is 0 Å². The number of anilines is 2. The van der Waals surface area contributed by atoms with Crippen LogP contribution in [0.15, 0.2) is 56.6 Å². The highest BCUT2D eigenvalue weighted by Crippen LogP contribution is 2.25. The quantitative estimate of drug-likeness (QED) is 0.760. The van der Waals surface area contributed by atoms with Gasteiger partial charge in [0.15, 0.2) is 5.58 Å². The smallest absolute Gasteiger partial charge is 0.408 e. The number of benzene rings is 2. The molecule has 0 bridgehead atoms. The van der Waals surface area contributed by atoms with E-state index in [1.54, 1.807) is 19.2 Å². The van der Waals surface area contributed by atoms with Crippen LogP contribution in [0.2, 0.25) is 0 Å². The minimum atomic E-state index is -3.79. The molecule has 1 aromatic heterocycles. The van der Waals surface area contributed by atoms with Gasteiger partial charge in [-0.3, -0.25) is 9.29 Å². The zero-order chi connectivity index (χ0) is 18.3. The average molecular weight is 373 g/mol. The molecule has 1 fully saturated rings. The number of nitrogens with one attached hydrogen (secondary N) is 1. The molecule has 4 rings (SSSR count). The van der Waals surface area contributed by atoms with Crippen molar-refractivity contribution in [2.45, 2.75) is 17.7 Å². The lowest BCUT2D eigenvalue weighted by Gasteiger charge is -2.18. The Morgan fingerprint density at radius 1 is 1.08 bits per heavy atom. The Bertz CT molecular complexity index is 1120. The molecule has 0 saturated carbocycles. The van der Waals surface area contributed by atoms with Gasteiger partial charge in [0, 0.05) is 31.9 Å². The second-order valence-corrected chi connectivity index (χ2v) is 8.09. The highest BCUT2D eigenvalue weighted by atomic mass is 32.2. The van der Waals surface area contributed by atoms with Crippen molar-refractivity contribution in [3.05, 3.63) is 53.0 Å². The molecule has 26 heavy (non-hydrogen) atoms. The van der Waals surface area contributed by atoms with Crippen LogP contribution in [0, 0.1) is 0 Å². The van der Waals surface area contributed by atoms with Crippen LogP contribution < -0.4 is 15.4 Å². The van der Waals surface area contributed by atoms with E-state index in [1.165, 1.54) is 16.7 Å². The van der Waals surface area contributed by atoms with Gasteiger partial charge < -0.3 is 9.32 Å². The molecule has 1 N–H and O–H groups in total. The third kappa shape index (κ3) is 2.96. The van der Waals surface area contributed by atoms with Gasteiger partial charge in [0.1, 0.15) is 0 Å². The largest absolute Gasteiger partial charge is 0.419 e. The van der Waals surface area contributed by atoms with Gasteiger partial charge in [-0.25, -0.2) is 13.2 Å². The molecule has 0 radical (unpaired) electrons. The average Bonchev–Trinajstić information content (AvgIpc) is 3.24. The third-order valence-corrected chi connectivity index (χ3v) is 6.02. The molecule has 1 saturated heterocycles. The summed E-state index contributed by atoms with van der Waals surface area (Å²) in [7, 11) is -2.21. The van der Waals surface area contributed by atoms with Crippen molar-refractivity contribution < 1.29 is 12.8 Å². The molecule has 0 unspecified atom stereocenters. The first-order valence-electron chi connectivity index (χ1n) is 8.41. The Hall–Kier alpha value is -2.74. The van der Waals surface area contributed by atoms with Gasteiger partial charge in [0.25, 0.3) is 10.0 Å². The second kappa shape index (κ2) is 6.21. The van der Waals surface area contributed by atoms with E-state index in [-0.39, 0.29) is 10.5 Å². The molecule has 0 spiro atoms. The number of hydrogen-bond acceptors (Lipinski definition) is 5. The van der Waals surface area contributed by atoms with Crippen LogP contribution in [0.1, 0.15) is 12.8 Å². The van der Waals surface area contributed by atoms with Crippen LogP contribution in [0.25, 0.3) is 11.1 Å².